The molecule has 2 aromatic carbocycles. The standard InChI is InChI=1S/C22H22FN3O/c1-26(14-11-17-9-12-24-13-10-17)21-7-5-20(6-8-21)25-22(27)16-18-3-2-4-19(23)15-18/h2-10,12-13,15H,11,14,16H2,1H3,(H,25,27). The quantitative estimate of drug-likeness (QED) is 0.688. The SMILES string of the molecule is CN(CCc1ccncc1)c1ccc(NC(=O)Cc2cccc(F)c2)cc1. The van der Waals surface area contributed by atoms with Crippen molar-refractivity contribution in [1.82, 2.24) is 4.98 Å². The van der Waals surface area contributed by atoms with E-state index in [1.165, 1.54) is 17.7 Å². The maximum Gasteiger partial charge on any atom is 0.228 e. The van der Waals surface area contributed by atoms with Crippen molar-refractivity contribution in [2.24, 2.45) is 0 Å². The number of amides is 1. The number of hydrogen-bond donors (Lipinski definition) is 1. The number of hydrogen-bond acceptors (Lipinski definition) is 3. The molecular formula is C22H22FN3O. The van der Waals surface area contributed by atoms with Crippen LogP contribution in [0, 0.1) is 5.82 Å². The van der Waals surface area contributed by atoms with E-state index in [-0.39, 0.29) is 18.1 Å². The zero-order chi connectivity index (χ0) is 19.1. The normalized spacial score (nSPS) is 10.4. The van der Waals surface area contributed by atoms with Gasteiger partial charge in [-0.05, 0) is 66.1 Å². The zero-order valence-corrected chi connectivity index (χ0v) is 15.2. The second-order valence-corrected chi connectivity index (χ2v) is 6.43. The predicted molar refractivity (Wildman–Crippen MR) is 106 cm³/mol. The maximum atomic E-state index is 13.2. The Bertz CT molecular complexity index is 882. The van der Waals surface area contributed by atoms with Gasteiger partial charge in [0.05, 0.1) is 6.42 Å². The first-order valence-electron chi connectivity index (χ1n) is 8.84. The first-order chi connectivity index (χ1) is 13.1. The van der Waals surface area contributed by atoms with E-state index in [0.717, 1.165) is 24.3 Å². The Morgan fingerprint density at radius 2 is 1.78 bits per heavy atom. The van der Waals surface area contributed by atoms with E-state index >= 15 is 0 Å². The molecule has 1 amide bonds. The fourth-order valence-electron chi connectivity index (χ4n) is 2.81. The molecule has 4 nitrogen and oxygen atoms in total. The van der Waals surface area contributed by atoms with Crippen molar-refractivity contribution >= 4 is 17.3 Å². The molecule has 0 spiro atoms. The molecule has 0 fully saturated rings. The lowest BCUT2D eigenvalue weighted by molar-refractivity contribution is -0.115. The molecule has 0 unspecified atom stereocenters. The van der Waals surface area contributed by atoms with Crippen LogP contribution in [0.2, 0.25) is 0 Å². The van der Waals surface area contributed by atoms with E-state index in [1.807, 2.05) is 43.4 Å². The van der Waals surface area contributed by atoms with Crippen molar-refractivity contribution in [3.05, 3.63) is 90.0 Å². The number of pyridine rings is 1. The zero-order valence-electron chi connectivity index (χ0n) is 15.2. The van der Waals surface area contributed by atoms with Crippen molar-refractivity contribution in [3.8, 4) is 0 Å². The van der Waals surface area contributed by atoms with Gasteiger partial charge in [0.2, 0.25) is 5.91 Å². The number of aromatic nitrogens is 1. The molecule has 0 bridgehead atoms. The Balaban J connectivity index is 1.52. The topological polar surface area (TPSA) is 45.2 Å². The summed E-state index contributed by atoms with van der Waals surface area (Å²) < 4.78 is 13.2. The maximum absolute atomic E-state index is 13.2. The molecule has 1 aromatic heterocycles. The van der Waals surface area contributed by atoms with Crippen LogP contribution in [-0.4, -0.2) is 24.5 Å². The minimum atomic E-state index is -0.334. The monoisotopic (exact) mass is 363 g/mol. The van der Waals surface area contributed by atoms with Gasteiger partial charge in [0.15, 0.2) is 0 Å². The third kappa shape index (κ3) is 5.64. The molecule has 0 saturated heterocycles. The Labute approximate surface area is 158 Å². The molecule has 0 saturated carbocycles. The Morgan fingerprint density at radius 3 is 2.48 bits per heavy atom. The number of halogens is 1. The minimum absolute atomic E-state index is 0.144. The van der Waals surface area contributed by atoms with Crippen LogP contribution in [0.4, 0.5) is 15.8 Å². The average Bonchev–Trinajstić information content (AvgIpc) is 2.67. The molecule has 27 heavy (non-hydrogen) atoms. The number of nitrogens with one attached hydrogen (secondary N) is 1. The molecule has 0 aliphatic carbocycles. The number of carbonyl (C=O) groups excluding carboxylic acids is 1. The summed E-state index contributed by atoms with van der Waals surface area (Å²) in [5.74, 6) is -0.501. The summed E-state index contributed by atoms with van der Waals surface area (Å²) >= 11 is 0. The van der Waals surface area contributed by atoms with Crippen molar-refractivity contribution < 1.29 is 9.18 Å². The average molecular weight is 363 g/mol. The lowest BCUT2D eigenvalue weighted by Gasteiger charge is -2.19. The smallest absolute Gasteiger partial charge is 0.228 e. The van der Waals surface area contributed by atoms with Gasteiger partial charge in [0.1, 0.15) is 5.82 Å². The van der Waals surface area contributed by atoms with Crippen molar-refractivity contribution in [1.29, 1.82) is 0 Å². The molecular weight excluding hydrogens is 341 g/mol. The summed E-state index contributed by atoms with van der Waals surface area (Å²) in [6.07, 6.45) is 4.68. The molecule has 5 heteroatoms. The summed E-state index contributed by atoms with van der Waals surface area (Å²) in [5, 5.41) is 2.85. The van der Waals surface area contributed by atoms with E-state index < -0.39 is 0 Å². The molecule has 1 N–H and O–H groups in total. The number of nitrogens with zero attached hydrogens (tertiary/aromatic N) is 2. The van der Waals surface area contributed by atoms with Crippen LogP contribution >= 0.6 is 0 Å². The molecule has 3 rings (SSSR count). The van der Waals surface area contributed by atoms with Gasteiger partial charge in [-0.15, -0.1) is 0 Å². The van der Waals surface area contributed by atoms with Gasteiger partial charge in [-0.1, -0.05) is 12.1 Å². The summed E-state index contributed by atoms with van der Waals surface area (Å²) in [7, 11) is 2.04. The molecule has 138 valence electrons. The third-order valence-electron chi connectivity index (χ3n) is 4.33. The van der Waals surface area contributed by atoms with Gasteiger partial charge in [-0.2, -0.15) is 0 Å². The van der Waals surface area contributed by atoms with Gasteiger partial charge >= 0.3 is 0 Å². The molecule has 0 atom stereocenters. The van der Waals surface area contributed by atoms with Crippen LogP contribution in [0.15, 0.2) is 73.1 Å². The number of likely N-dealkylation sites (N-methyl/N-ethyl adjacent to an activating group) is 1. The summed E-state index contributed by atoms with van der Waals surface area (Å²) in [6.45, 7) is 0.884. The van der Waals surface area contributed by atoms with Gasteiger partial charge in [-0.3, -0.25) is 9.78 Å². The third-order valence-corrected chi connectivity index (χ3v) is 4.33. The van der Waals surface area contributed by atoms with Crippen LogP contribution in [-0.2, 0) is 17.6 Å². The molecule has 0 aliphatic heterocycles. The Hall–Kier alpha value is -3.21. The number of rotatable bonds is 7. The van der Waals surface area contributed by atoms with E-state index in [1.54, 1.807) is 24.5 Å². The molecule has 1 heterocycles. The van der Waals surface area contributed by atoms with Gasteiger partial charge in [0, 0.05) is 37.4 Å². The largest absolute Gasteiger partial charge is 0.374 e. The van der Waals surface area contributed by atoms with Crippen LogP contribution < -0.4 is 10.2 Å². The molecule has 0 radical (unpaired) electrons. The predicted octanol–water partition coefficient (Wildman–Crippen LogP) is 4.08. The highest BCUT2D eigenvalue weighted by atomic mass is 19.1. The Kier molecular flexibility index (Phi) is 6.15. The fourth-order valence-corrected chi connectivity index (χ4v) is 2.81. The molecule has 0 aliphatic rings. The fraction of sp³-hybridized carbons (Fsp3) is 0.182. The first kappa shape index (κ1) is 18.6. The van der Waals surface area contributed by atoms with Crippen LogP contribution in [0.5, 0.6) is 0 Å². The van der Waals surface area contributed by atoms with Crippen molar-refractivity contribution in [2.45, 2.75) is 12.8 Å². The number of benzene rings is 2. The highest BCUT2D eigenvalue weighted by molar-refractivity contribution is 5.92. The number of anilines is 2. The molecule has 3 aromatic rings. The summed E-state index contributed by atoms with van der Waals surface area (Å²) in [5.41, 5.74) is 3.70. The highest BCUT2D eigenvalue weighted by Crippen LogP contribution is 2.17. The van der Waals surface area contributed by atoms with Crippen LogP contribution in [0.3, 0.4) is 0 Å². The minimum Gasteiger partial charge on any atom is -0.374 e. The van der Waals surface area contributed by atoms with Gasteiger partial charge in [0.25, 0.3) is 0 Å². The highest BCUT2D eigenvalue weighted by Gasteiger charge is 2.06. The van der Waals surface area contributed by atoms with Crippen molar-refractivity contribution in [2.75, 3.05) is 23.8 Å². The van der Waals surface area contributed by atoms with Gasteiger partial charge in [-0.25, -0.2) is 4.39 Å². The Morgan fingerprint density at radius 1 is 1.04 bits per heavy atom. The van der Waals surface area contributed by atoms with Crippen molar-refractivity contribution in [3.63, 3.8) is 0 Å². The summed E-state index contributed by atoms with van der Waals surface area (Å²) in [6, 6.07) is 17.8. The van der Waals surface area contributed by atoms with Gasteiger partial charge < -0.3 is 10.2 Å². The van der Waals surface area contributed by atoms with E-state index in [0.29, 0.717) is 5.56 Å². The summed E-state index contributed by atoms with van der Waals surface area (Å²) in [4.78, 5) is 18.3. The second kappa shape index (κ2) is 8.94. The lowest BCUT2D eigenvalue weighted by Crippen LogP contribution is -2.20. The van der Waals surface area contributed by atoms with E-state index in [4.69, 9.17) is 0 Å². The van der Waals surface area contributed by atoms with E-state index in [9.17, 15) is 9.18 Å². The number of carbonyl (C=O) groups is 1. The van der Waals surface area contributed by atoms with Crippen LogP contribution in [0.25, 0.3) is 0 Å². The van der Waals surface area contributed by atoms with E-state index in [2.05, 4.69) is 15.2 Å². The second-order valence-electron chi connectivity index (χ2n) is 6.43. The first-order valence-corrected chi connectivity index (χ1v) is 8.84. The van der Waals surface area contributed by atoms with Crippen LogP contribution in [0.1, 0.15) is 11.1 Å². The lowest BCUT2D eigenvalue weighted by atomic mass is 10.1.